The number of anilines is 1. The van der Waals surface area contributed by atoms with Crippen molar-refractivity contribution in [2.75, 3.05) is 11.9 Å². The van der Waals surface area contributed by atoms with Gasteiger partial charge in [-0.05, 0) is 30.3 Å². The number of hydrogen-bond donors (Lipinski definition) is 2. The minimum absolute atomic E-state index is 0.0775. The van der Waals surface area contributed by atoms with Gasteiger partial charge in [0.05, 0.1) is 11.1 Å². The highest BCUT2D eigenvalue weighted by molar-refractivity contribution is 7.10. The number of hydrogen-bond acceptors (Lipinski definition) is 3. The third-order valence-electron chi connectivity index (χ3n) is 2.35. The molecule has 0 saturated heterocycles. The molecule has 0 radical (unpaired) electrons. The van der Waals surface area contributed by atoms with E-state index in [1.165, 1.54) is 0 Å². The Labute approximate surface area is 114 Å². The highest BCUT2D eigenvalue weighted by Gasteiger charge is 2.11. The first kappa shape index (κ1) is 12.7. The van der Waals surface area contributed by atoms with Crippen molar-refractivity contribution in [3.05, 3.63) is 50.6 Å². The van der Waals surface area contributed by atoms with Crippen LogP contribution in [-0.2, 0) is 0 Å². The highest BCUT2D eigenvalue weighted by Crippen LogP contribution is 2.27. The van der Waals surface area contributed by atoms with Crippen molar-refractivity contribution in [2.45, 2.75) is 6.04 Å². The Hall–Kier alpha value is -0.740. The van der Waals surface area contributed by atoms with E-state index in [4.69, 9.17) is 28.9 Å². The van der Waals surface area contributed by atoms with Crippen LogP contribution in [-0.4, -0.2) is 6.54 Å². The maximum atomic E-state index is 5.91. The van der Waals surface area contributed by atoms with Crippen LogP contribution in [0.5, 0.6) is 0 Å². The Balaban J connectivity index is 2.12. The summed E-state index contributed by atoms with van der Waals surface area (Å²) in [5, 5.41) is 6.73. The van der Waals surface area contributed by atoms with Gasteiger partial charge >= 0.3 is 0 Å². The zero-order valence-electron chi connectivity index (χ0n) is 8.99. The molecule has 0 aliphatic rings. The molecule has 0 amide bonds. The molecule has 2 rings (SSSR count). The number of halogens is 2. The summed E-state index contributed by atoms with van der Waals surface area (Å²) >= 11 is 13.3. The van der Waals surface area contributed by atoms with Crippen LogP contribution in [0.25, 0.3) is 0 Å². The zero-order chi connectivity index (χ0) is 12.3. The predicted octanol–water partition coefficient (Wildman–Crippen LogP) is 4.17. The van der Waals surface area contributed by atoms with Crippen LogP contribution in [0.2, 0.25) is 10.0 Å². The van der Waals surface area contributed by atoms with Crippen LogP contribution >= 0.6 is 34.5 Å². The van der Waals surface area contributed by atoms with Crippen LogP contribution in [0.15, 0.2) is 35.7 Å². The Bertz CT molecular complexity index is 482. The summed E-state index contributed by atoms with van der Waals surface area (Å²) in [4.78, 5) is 1.13. The van der Waals surface area contributed by atoms with Crippen molar-refractivity contribution in [1.29, 1.82) is 0 Å². The van der Waals surface area contributed by atoms with Gasteiger partial charge in [-0.2, -0.15) is 0 Å². The molecule has 0 spiro atoms. The Kier molecular flexibility index (Phi) is 4.29. The second-order valence-electron chi connectivity index (χ2n) is 3.61. The lowest BCUT2D eigenvalue weighted by Crippen LogP contribution is -2.19. The first-order valence-corrected chi connectivity index (χ1v) is 6.78. The first-order valence-electron chi connectivity index (χ1n) is 5.15. The van der Waals surface area contributed by atoms with Gasteiger partial charge in [-0.3, -0.25) is 0 Å². The second kappa shape index (κ2) is 5.74. The SMILES string of the molecule is NCC(Nc1ccc(Cl)cc1)c1cc(Cl)cs1. The molecule has 0 aliphatic heterocycles. The first-order chi connectivity index (χ1) is 8.19. The van der Waals surface area contributed by atoms with Crippen molar-refractivity contribution in [3.8, 4) is 0 Å². The van der Waals surface area contributed by atoms with E-state index in [1.54, 1.807) is 11.3 Å². The molecule has 1 unspecified atom stereocenters. The van der Waals surface area contributed by atoms with Gasteiger partial charge in [0.15, 0.2) is 0 Å². The van der Waals surface area contributed by atoms with Crippen LogP contribution < -0.4 is 11.1 Å². The van der Waals surface area contributed by atoms with Gasteiger partial charge in [0.25, 0.3) is 0 Å². The quantitative estimate of drug-likeness (QED) is 0.885. The zero-order valence-corrected chi connectivity index (χ0v) is 11.3. The molecule has 2 nitrogen and oxygen atoms in total. The van der Waals surface area contributed by atoms with Crippen molar-refractivity contribution in [2.24, 2.45) is 5.73 Å². The predicted molar refractivity (Wildman–Crippen MR) is 76.2 cm³/mol. The lowest BCUT2D eigenvalue weighted by Gasteiger charge is -2.16. The van der Waals surface area contributed by atoms with Gasteiger partial charge < -0.3 is 11.1 Å². The number of rotatable bonds is 4. The summed E-state index contributed by atoms with van der Waals surface area (Å²) < 4.78 is 0. The molecule has 3 N–H and O–H groups in total. The van der Waals surface area contributed by atoms with Gasteiger partial charge in [0.1, 0.15) is 0 Å². The van der Waals surface area contributed by atoms with Crippen molar-refractivity contribution < 1.29 is 0 Å². The summed E-state index contributed by atoms with van der Waals surface area (Å²) in [6.45, 7) is 0.513. The molecule has 0 fully saturated rings. The van der Waals surface area contributed by atoms with Crippen molar-refractivity contribution in [1.82, 2.24) is 0 Å². The second-order valence-corrected chi connectivity index (χ2v) is 5.42. The van der Waals surface area contributed by atoms with Gasteiger partial charge in [-0.1, -0.05) is 23.2 Å². The molecular formula is C12H12Cl2N2S. The molecule has 0 bridgehead atoms. The largest absolute Gasteiger partial charge is 0.376 e. The lowest BCUT2D eigenvalue weighted by atomic mass is 10.2. The molecule has 0 saturated carbocycles. The normalized spacial score (nSPS) is 12.4. The summed E-state index contributed by atoms with van der Waals surface area (Å²) in [6, 6.07) is 9.57. The molecule has 1 atom stereocenters. The smallest absolute Gasteiger partial charge is 0.0729 e. The third-order valence-corrected chi connectivity index (χ3v) is 4.00. The average molecular weight is 287 g/mol. The highest BCUT2D eigenvalue weighted by atomic mass is 35.5. The summed E-state index contributed by atoms with van der Waals surface area (Å²) in [7, 11) is 0. The fraction of sp³-hybridized carbons (Fsp3) is 0.167. The van der Waals surface area contributed by atoms with E-state index in [1.807, 2.05) is 35.7 Å². The fourth-order valence-corrected chi connectivity index (χ4v) is 2.78. The maximum absolute atomic E-state index is 5.91. The van der Waals surface area contributed by atoms with E-state index in [0.29, 0.717) is 6.54 Å². The van der Waals surface area contributed by atoms with Crippen LogP contribution in [0.3, 0.4) is 0 Å². The van der Waals surface area contributed by atoms with Crippen LogP contribution in [0.1, 0.15) is 10.9 Å². The standard InChI is InChI=1S/C12H12Cl2N2S/c13-8-1-3-10(4-2-8)16-11(6-15)12-5-9(14)7-17-12/h1-5,7,11,16H,6,15H2. The van der Waals surface area contributed by atoms with E-state index in [9.17, 15) is 0 Å². The molecule has 1 aromatic carbocycles. The average Bonchev–Trinajstić information content (AvgIpc) is 2.75. The van der Waals surface area contributed by atoms with E-state index in [-0.39, 0.29) is 6.04 Å². The molecule has 90 valence electrons. The summed E-state index contributed by atoms with van der Waals surface area (Å²) in [5.41, 5.74) is 6.76. The van der Waals surface area contributed by atoms with Gasteiger partial charge in [0.2, 0.25) is 0 Å². The Morgan fingerprint density at radius 1 is 1.18 bits per heavy atom. The third kappa shape index (κ3) is 3.36. The number of thiophene rings is 1. The molecule has 2 aromatic rings. The van der Waals surface area contributed by atoms with E-state index in [2.05, 4.69) is 5.32 Å². The summed E-state index contributed by atoms with van der Waals surface area (Å²) in [6.07, 6.45) is 0. The van der Waals surface area contributed by atoms with Gasteiger partial charge in [-0.15, -0.1) is 11.3 Å². The number of nitrogens with one attached hydrogen (secondary N) is 1. The molecule has 5 heteroatoms. The van der Waals surface area contributed by atoms with Gasteiger partial charge in [-0.25, -0.2) is 0 Å². The van der Waals surface area contributed by atoms with E-state index < -0.39 is 0 Å². The number of nitrogens with two attached hydrogens (primary N) is 1. The van der Waals surface area contributed by atoms with Crippen LogP contribution in [0, 0.1) is 0 Å². The molecule has 0 aliphatic carbocycles. The van der Waals surface area contributed by atoms with E-state index in [0.717, 1.165) is 20.6 Å². The number of benzene rings is 1. The van der Waals surface area contributed by atoms with Crippen molar-refractivity contribution >= 4 is 40.2 Å². The van der Waals surface area contributed by atoms with E-state index >= 15 is 0 Å². The molecule has 1 heterocycles. The minimum atomic E-state index is 0.0775. The lowest BCUT2D eigenvalue weighted by molar-refractivity contribution is 0.806. The molecule has 1 aromatic heterocycles. The fourth-order valence-electron chi connectivity index (χ4n) is 1.50. The van der Waals surface area contributed by atoms with Gasteiger partial charge in [0, 0.05) is 27.5 Å². The monoisotopic (exact) mass is 286 g/mol. The van der Waals surface area contributed by atoms with Crippen molar-refractivity contribution in [3.63, 3.8) is 0 Å². The summed E-state index contributed by atoms with van der Waals surface area (Å²) in [5.74, 6) is 0. The maximum Gasteiger partial charge on any atom is 0.0729 e. The molecule has 17 heavy (non-hydrogen) atoms. The Morgan fingerprint density at radius 3 is 2.41 bits per heavy atom. The molecular weight excluding hydrogens is 275 g/mol. The Morgan fingerprint density at radius 2 is 1.88 bits per heavy atom. The van der Waals surface area contributed by atoms with Crippen LogP contribution in [0.4, 0.5) is 5.69 Å². The minimum Gasteiger partial charge on any atom is -0.376 e. The topological polar surface area (TPSA) is 38.0 Å².